The number of hydrogen-bond acceptors (Lipinski definition) is 2. The van der Waals surface area contributed by atoms with Gasteiger partial charge in [-0.2, -0.15) is 0 Å². The minimum absolute atomic E-state index is 0.0553. The largest absolute Gasteiger partial charge is 0.389 e. The molecule has 3 nitrogen and oxygen atoms in total. The average Bonchev–Trinajstić information content (AvgIpc) is 2.18. The summed E-state index contributed by atoms with van der Waals surface area (Å²) in [5, 5.41) is 10.2. The molecule has 0 radical (unpaired) electrons. The molecule has 94 valence electrons. The van der Waals surface area contributed by atoms with Crippen LogP contribution in [0, 0.1) is 0 Å². The van der Waals surface area contributed by atoms with E-state index >= 15 is 0 Å². The normalized spacial score (nSPS) is 11.4. The second-order valence-electron chi connectivity index (χ2n) is 4.83. The van der Waals surface area contributed by atoms with Gasteiger partial charge < -0.3 is 10.0 Å². The van der Waals surface area contributed by atoms with Crippen LogP contribution in [0.5, 0.6) is 0 Å². The summed E-state index contributed by atoms with van der Waals surface area (Å²) in [6, 6.07) is 7.28. The maximum atomic E-state index is 11.9. The third-order valence-electron chi connectivity index (χ3n) is 2.35. The summed E-state index contributed by atoms with van der Waals surface area (Å²) in [6.07, 6.45) is 0.256. The number of carbonyl (C=O) groups is 1. The average molecular weight is 256 g/mol. The Morgan fingerprint density at radius 1 is 1.41 bits per heavy atom. The van der Waals surface area contributed by atoms with Crippen LogP contribution in [0.25, 0.3) is 0 Å². The number of aliphatic hydroxyl groups is 1. The molecule has 0 unspecified atom stereocenters. The minimum Gasteiger partial charge on any atom is -0.389 e. The predicted octanol–water partition coefficient (Wildman–Crippen LogP) is 2.11. The zero-order valence-electron chi connectivity index (χ0n) is 10.4. The number of rotatable bonds is 4. The number of amides is 1. The van der Waals surface area contributed by atoms with E-state index in [0.29, 0.717) is 11.6 Å². The van der Waals surface area contributed by atoms with Crippen LogP contribution in [-0.4, -0.2) is 35.1 Å². The molecule has 1 N–H and O–H groups in total. The fourth-order valence-corrected chi connectivity index (χ4v) is 1.81. The molecule has 0 aliphatic rings. The van der Waals surface area contributed by atoms with E-state index in [1.165, 1.54) is 4.90 Å². The van der Waals surface area contributed by atoms with E-state index in [-0.39, 0.29) is 12.3 Å². The highest BCUT2D eigenvalue weighted by molar-refractivity contribution is 6.31. The van der Waals surface area contributed by atoms with Gasteiger partial charge in [0.25, 0.3) is 0 Å². The molecule has 0 saturated carbocycles. The standard InChI is InChI=1S/C13H18ClNO2/c1-13(2,17)9-15(3)12(16)8-10-6-4-5-7-11(10)14/h4-7,17H,8-9H2,1-3H3. The van der Waals surface area contributed by atoms with Gasteiger partial charge in [-0.1, -0.05) is 29.8 Å². The summed E-state index contributed by atoms with van der Waals surface area (Å²) in [5.41, 5.74) is -0.0768. The van der Waals surface area contributed by atoms with Crippen LogP contribution < -0.4 is 0 Å². The SMILES string of the molecule is CN(CC(C)(C)O)C(=O)Cc1ccccc1Cl. The third-order valence-corrected chi connectivity index (χ3v) is 2.72. The quantitative estimate of drug-likeness (QED) is 0.895. The van der Waals surface area contributed by atoms with Crippen molar-refractivity contribution in [1.29, 1.82) is 0 Å². The first-order valence-corrected chi connectivity index (χ1v) is 5.87. The van der Waals surface area contributed by atoms with E-state index in [9.17, 15) is 9.90 Å². The van der Waals surface area contributed by atoms with Crippen molar-refractivity contribution >= 4 is 17.5 Å². The molecule has 0 aliphatic carbocycles. The highest BCUT2D eigenvalue weighted by Gasteiger charge is 2.19. The summed E-state index contributed by atoms with van der Waals surface area (Å²) >= 11 is 5.99. The predicted molar refractivity (Wildman–Crippen MR) is 69.1 cm³/mol. The lowest BCUT2D eigenvalue weighted by molar-refractivity contribution is -0.131. The highest BCUT2D eigenvalue weighted by atomic mass is 35.5. The number of halogens is 1. The lowest BCUT2D eigenvalue weighted by atomic mass is 10.1. The molecule has 1 aromatic rings. The number of nitrogens with zero attached hydrogens (tertiary/aromatic N) is 1. The Morgan fingerprint density at radius 3 is 2.53 bits per heavy atom. The summed E-state index contributed by atoms with van der Waals surface area (Å²) < 4.78 is 0. The van der Waals surface area contributed by atoms with E-state index < -0.39 is 5.60 Å². The molecule has 1 rings (SSSR count). The van der Waals surface area contributed by atoms with Gasteiger partial charge in [0.15, 0.2) is 0 Å². The van der Waals surface area contributed by atoms with E-state index in [1.807, 2.05) is 18.2 Å². The summed E-state index contributed by atoms with van der Waals surface area (Å²) in [4.78, 5) is 13.4. The van der Waals surface area contributed by atoms with E-state index in [4.69, 9.17) is 11.6 Å². The van der Waals surface area contributed by atoms with Crippen LogP contribution in [-0.2, 0) is 11.2 Å². The molecule has 1 aromatic carbocycles. The monoisotopic (exact) mass is 255 g/mol. The Morgan fingerprint density at radius 2 is 2.00 bits per heavy atom. The van der Waals surface area contributed by atoms with Gasteiger partial charge >= 0.3 is 0 Å². The van der Waals surface area contributed by atoms with Crippen molar-refractivity contribution in [1.82, 2.24) is 4.90 Å². The summed E-state index contributed by atoms with van der Waals surface area (Å²) in [7, 11) is 1.68. The van der Waals surface area contributed by atoms with Gasteiger partial charge in [-0.15, -0.1) is 0 Å². The molecular formula is C13H18ClNO2. The molecular weight excluding hydrogens is 238 g/mol. The number of likely N-dealkylation sites (N-methyl/N-ethyl adjacent to an activating group) is 1. The molecule has 0 heterocycles. The lowest BCUT2D eigenvalue weighted by Crippen LogP contribution is -2.40. The van der Waals surface area contributed by atoms with Crippen LogP contribution >= 0.6 is 11.6 Å². The third kappa shape index (κ3) is 4.75. The number of carbonyl (C=O) groups excluding carboxylic acids is 1. The van der Waals surface area contributed by atoms with Gasteiger partial charge in [-0.25, -0.2) is 0 Å². The van der Waals surface area contributed by atoms with Crippen LogP contribution in [0.1, 0.15) is 19.4 Å². The van der Waals surface area contributed by atoms with Gasteiger partial charge in [0.1, 0.15) is 0 Å². The minimum atomic E-state index is -0.884. The molecule has 0 saturated heterocycles. The van der Waals surface area contributed by atoms with Gasteiger partial charge in [0.05, 0.1) is 12.0 Å². The van der Waals surface area contributed by atoms with Crippen molar-refractivity contribution in [3.8, 4) is 0 Å². The molecule has 0 aromatic heterocycles. The molecule has 0 atom stereocenters. The molecule has 0 aliphatic heterocycles. The Bertz CT molecular complexity index is 399. The Balaban J connectivity index is 2.64. The van der Waals surface area contributed by atoms with Crippen LogP contribution in [0.4, 0.5) is 0 Å². The first-order valence-electron chi connectivity index (χ1n) is 5.49. The Kier molecular flexibility index (Phi) is 4.54. The molecule has 4 heteroatoms. The van der Waals surface area contributed by atoms with E-state index in [2.05, 4.69) is 0 Å². The van der Waals surface area contributed by atoms with E-state index in [1.54, 1.807) is 27.0 Å². The van der Waals surface area contributed by atoms with Gasteiger partial charge in [-0.3, -0.25) is 4.79 Å². The van der Waals surface area contributed by atoms with Crippen molar-refractivity contribution in [3.63, 3.8) is 0 Å². The maximum Gasteiger partial charge on any atom is 0.226 e. The van der Waals surface area contributed by atoms with Crippen molar-refractivity contribution in [2.45, 2.75) is 25.9 Å². The second-order valence-corrected chi connectivity index (χ2v) is 5.24. The topological polar surface area (TPSA) is 40.5 Å². The van der Waals surface area contributed by atoms with E-state index in [0.717, 1.165) is 5.56 Å². The van der Waals surface area contributed by atoms with Gasteiger partial charge in [-0.05, 0) is 25.5 Å². The van der Waals surface area contributed by atoms with Gasteiger partial charge in [0.2, 0.25) is 5.91 Å². The first-order chi connectivity index (χ1) is 7.79. The fraction of sp³-hybridized carbons (Fsp3) is 0.462. The summed E-state index contributed by atoms with van der Waals surface area (Å²) in [6.45, 7) is 3.65. The Hall–Kier alpha value is -1.06. The van der Waals surface area contributed by atoms with Gasteiger partial charge in [0, 0.05) is 18.6 Å². The second kappa shape index (κ2) is 5.52. The maximum absolute atomic E-state index is 11.9. The summed E-state index contributed by atoms with van der Waals surface area (Å²) in [5.74, 6) is -0.0553. The molecule has 0 fully saturated rings. The molecule has 0 spiro atoms. The Labute approximate surface area is 107 Å². The van der Waals surface area contributed by atoms with Crippen molar-refractivity contribution in [2.24, 2.45) is 0 Å². The highest BCUT2D eigenvalue weighted by Crippen LogP contribution is 2.16. The first kappa shape index (κ1) is 14.0. The molecule has 0 bridgehead atoms. The molecule has 1 amide bonds. The number of hydrogen-bond donors (Lipinski definition) is 1. The fourth-order valence-electron chi connectivity index (χ4n) is 1.61. The number of benzene rings is 1. The van der Waals surface area contributed by atoms with Crippen LogP contribution in [0.2, 0.25) is 5.02 Å². The van der Waals surface area contributed by atoms with Crippen LogP contribution in [0.3, 0.4) is 0 Å². The lowest BCUT2D eigenvalue weighted by Gasteiger charge is -2.25. The zero-order chi connectivity index (χ0) is 13.1. The molecule has 17 heavy (non-hydrogen) atoms. The zero-order valence-corrected chi connectivity index (χ0v) is 11.2. The smallest absolute Gasteiger partial charge is 0.226 e. The van der Waals surface area contributed by atoms with Crippen molar-refractivity contribution in [2.75, 3.05) is 13.6 Å². The van der Waals surface area contributed by atoms with Crippen molar-refractivity contribution < 1.29 is 9.90 Å². The van der Waals surface area contributed by atoms with Crippen LogP contribution in [0.15, 0.2) is 24.3 Å². The van der Waals surface area contributed by atoms with Crippen molar-refractivity contribution in [3.05, 3.63) is 34.9 Å².